The van der Waals surface area contributed by atoms with E-state index in [9.17, 15) is 14.4 Å². The van der Waals surface area contributed by atoms with Gasteiger partial charge in [0.05, 0.1) is 22.3 Å². The van der Waals surface area contributed by atoms with E-state index in [0.717, 1.165) is 5.56 Å². The molecule has 2 aliphatic heterocycles. The molecule has 162 valence electrons. The van der Waals surface area contributed by atoms with Crippen molar-refractivity contribution in [2.24, 2.45) is 0 Å². The van der Waals surface area contributed by atoms with Crippen LogP contribution in [0.2, 0.25) is 0 Å². The van der Waals surface area contributed by atoms with Crippen molar-refractivity contribution in [2.45, 2.75) is 32.4 Å². The predicted octanol–water partition coefficient (Wildman–Crippen LogP) is 3.94. The summed E-state index contributed by atoms with van der Waals surface area (Å²) in [5, 5.41) is 0.705. The second-order valence-electron chi connectivity index (χ2n) is 8.20. The standard InChI is InChI=1S/C25H23N3O4/c1-16-21-22(19-9-5-6-10-20(19)26-16)24(30)28(23(21)29)18-11-13-27(14-12-18)25(31)32-15-17-7-3-2-4-8-17/h2-10,18H,11-15H2,1H3. The zero-order chi connectivity index (χ0) is 22.2. The molecule has 7 nitrogen and oxygen atoms in total. The van der Waals surface area contributed by atoms with Crippen molar-refractivity contribution in [3.63, 3.8) is 0 Å². The first-order valence-electron chi connectivity index (χ1n) is 10.8. The summed E-state index contributed by atoms with van der Waals surface area (Å²) in [6.07, 6.45) is 0.674. The molecule has 0 spiro atoms. The lowest BCUT2D eigenvalue weighted by Gasteiger charge is -2.35. The number of para-hydroxylation sites is 1. The zero-order valence-corrected chi connectivity index (χ0v) is 17.8. The molecule has 0 saturated carbocycles. The van der Waals surface area contributed by atoms with E-state index in [4.69, 9.17) is 4.74 Å². The summed E-state index contributed by atoms with van der Waals surface area (Å²) < 4.78 is 5.42. The molecule has 2 aliphatic rings. The number of likely N-dealkylation sites (tertiary alicyclic amines) is 1. The number of fused-ring (bicyclic) bond motifs is 3. The molecule has 5 rings (SSSR count). The number of rotatable bonds is 3. The molecular weight excluding hydrogens is 406 g/mol. The summed E-state index contributed by atoms with van der Waals surface area (Å²) in [5.74, 6) is -0.553. The second kappa shape index (κ2) is 8.07. The van der Waals surface area contributed by atoms with E-state index in [0.29, 0.717) is 53.7 Å². The van der Waals surface area contributed by atoms with Gasteiger partial charge in [-0.05, 0) is 31.4 Å². The van der Waals surface area contributed by atoms with Gasteiger partial charge in [-0.3, -0.25) is 19.5 Å². The highest BCUT2D eigenvalue weighted by Crippen LogP contribution is 2.34. The van der Waals surface area contributed by atoms with Crippen molar-refractivity contribution in [2.75, 3.05) is 13.1 Å². The fourth-order valence-corrected chi connectivity index (χ4v) is 4.60. The molecule has 3 heterocycles. The average molecular weight is 429 g/mol. The number of aryl methyl sites for hydroxylation is 1. The van der Waals surface area contributed by atoms with Crippen molar-refractivity contribution in [1.82, 2.24) is 14.8 Å². The maximum Gasteiger partial charge on any atom is 0.410 e. The monoisotopic (exact) mass is 429 g/mol. The first-order chi connectivity index (χ1) is 15.5. The van der Waals surface area contributed by atoms with Crippen LogP contribution in [-0.4, -0.2) is 51.8 Å². The van der Waals surface area contributed by atoms with Crippen LogP contribution < -0.4 is 0 Å². The number of hydrogen-bond donors (Lipinski definition) is 0. The highest BCUT2D eigenvalue weighted by Gasteiger charge is 2.43. The third kappa shape index (κ3) is 3.39. The van der Waals surface area contributed by atoms with Gasteiger partial charge in [-0.2, -0.15) is 0 Å². The van der Waals surface area contributed by atoms with Crippen LogP contribution in [0.4, 0.5) is 4.79 Å². The van der Waals surface area contributed by atoms with E-state index in [1.807, 2.05) is 54.6 Å². The number of piperidine rings is 1. The van der Waals surface area contributed by atoms with Crippen molar-refractivity contribution >= 4 is 28.8 Å². The number of ether oxygens (including phenoxy) is 1. The highest BCUT2D eigenvalue weighted by atomic mass is 16.6. The van der Waals surface area contributed by atoms with Crippen molar-refractivity contribution in [3.05, 3.63) is 77.0 Å². The van der Waals surface area contributed by atoms with Gasteiger partial charge in [0.2, 0.25) is 0 Å². The topological polar surface area (TPSA) is 79.8 Å². The van der Waals surface area contributed by atoms with Gasteiger partial charge in [0.15, 0.2) is 0 Å². The summed E-state index contributed by atoms with van der Waals surface area (Å²) in [7, 11) is 0. The summed E-state index contributed by atoms with van der Waals surface area (Å²) in [5.41, 5.74) is 3.06. The number of imide groups is 1. The van der Waals surface area contributed by atoms with Crippen LogP contribution in [0.15, 0.2) is 54.6 Å². The van der Waals surface area contributed by atoms with Crippen molar-refractivity contribution < 1.29 is 19.1 Å². The Balaban J connectivity index is 1.28. The van der Waals surface area contributed by atoms with Gasteiger partial charge in [0.25, 0.3) is 11.8 Å². The minimum absolute atomic E-state index is 0.220. The fraction of sp³-hybridized carbons (Fsp3) is 0.280. The third-order valence-corrected chi connectivity index (χ3v) is 6.23. The minimum Gasteiger partial charge on any atom is -0.445 e. The highest BCUT2D eigenvalue weighted by molar-refractivity contribution is 6.26. The summed E-state index contributed by atoms with van der Waals surface area (Å²) in [6, 6.07) is 16.7. The number of carbonyl (C=O) groups excluding carboxylic acids is 3. The number of carbonyl (C=O) groups is 3. The van der Waals surface area contributed by atoms with E-state index >= 15 is 0 Å². The molecule has 0 radical (unpaired) electrons. The summed E-state index contributed by atoms with van der Waals surface area (Å²) >= 11 is 0. The van der Waals surface area contributed by atoms with Crippen LogP contribution in [0.25, 0.3) is 10.9 Å². The van der Waals surface area contributed by atoms with Crippen LogP contribution in [0.1, 0.15) is 44.8 Å². The molecule has 1 fully saturated rings. The number of benzene rings is 2. The van der Waals surface area contributed by atoms with Gasteiger partial charge in [-0.15, -0.1) is 0 Å². The Morgan fingerprint density at radius 1 is 0.969 bits per heavy atom. The number of amides is 3. The first-order valence-corrected chi connectivity index (χ1v) is 10.8. The lowest BCUT2D eigenvalue weighted by atomic mass is 10.0. The summed E-state index contributed by atoms with van der Waals surface area (Å²) in [4.78, 5) is 46.5. The lowest BCUT2D eigenvalue weighted by Crippen LogP contribution is -2.48. The molecule has 0 unspecified atom stereocenters. The second-order valence-corrected chi connectivity index (χ2v) is 8.20. The van der Waals surface area contributed by atoms with E-state index in [-0.39, 0.29) is 30.6 Å². The number of nitrogens with zero attached hydrogens (tertiary/aromatic N) is 3. The van der Waals surface area contributed by atoms with Gasteiger partial charge in [-0.25, -0.2) is 4.79 Å². The Bertz CT molecular complexity index is 1220. The van der Waals surface area contributed by atoms with Gasteiger partial charge >= 0.3 is 6.09 Å². The van der Waals surface area contributed by atoms with E-state index < -0.39 is 0 Å². The fourth-order valence-electron chi connectivity index (χ4n) is 4.60. The minimum atomic E-state index is -0.374. The van der Waals surface area contributed by atoms with Crippen molar-refractivity contribution in [1.29, 1.82) is 0 Å². The van der Waals surface area contributed by atoms with Gasteiger partial charge in [0, 0.05) is 24.5 Å². The Morgan fingerprint density at radius 3 is 2.38 bits per heavy atom. The van der Waals surface area contributed by atoms with Gasteiger partial charge in [0.1, 0.15) is 6.61 Å². The molecule has 32 heavy (non-hydrogen) atoms. The predicted molar refractivity (Wildman–Crippen MR) is 118 cm³/mol. The molecule has 1 aromatic heterocycles. The Labute approximate surface area is 185 Å². The molecule has 3 amide bonds. The number of hydrogen-bond acceptors (Lipinski definition) is 5. The average Bonchev–Trinajstić information content (AvgIpc) is 3.09. The zero-order valence-electron chi connectivity index (χ0n) is 17.8. The quantitative estimate of drug-likeness (QED) is 0.589. The normalized spacial score (nSPS) is 16.5. The molecule has 2 aromatic carbocycles. The largest absolute Gasteiger partial charge is 0.445 e. The first kappa shape index (κ1) is 20.2. The number of pyridine rings is 1. The molecule has 0 aliphatic carbocycles. The molecule has 3 aromatic rings. The molecule has 0 bridgehead atoms. The van der Waals surface area contributed by atoms with Gasteiger partial charge < -0.3 is 9.64 Å². The van der Waals surface area contributed by atoms with E-state index in [2.05, 4.69) is 4.98 Å². The van der Waals surface area contributed by atoms with Crippen LogP contribution in [0, 0.1) is 6.92 Å². The summed E-state index contributed by atoms with van der Waals surface area (Å²) in [6.45, 7) is 2.86. The van der Waals surface area contributed by atoms with Crippen LogP contribution >= 0.6 is 0 Å². The number of aromatic nitrogens is 1. The van der Waals surface area contributed by atoms with E-state index in [1.54, 1.807) is 11.8 Å². The maximum atomic E-state index is 13.3. The Morgan fingerprint density at radius 2 is 1.62 bits per heavy atom. The lowest BCUT2D eigenvalue weighted by molar-refractivity contribution is 0.0473. The van der Waals surface area contributed by atoms with Crippen LogP contribution in [0.5, 0.6) is 0 Å². The van der Waals surface area contributed by atoms with Gasteiger partial charge in [-0.1, -0.05) is 48.5 Å². The van der Waals surface area contributed by atoms with Crippen molar-refractivity contribution in [3.8, 4) is 0 Å². The SMILES string of the molecule is Cc1nc2ccccc2c2c1C(=O)N(C1CCN(C(=O)OCc3ccccc3)CC1)C2=O. The molecule has 0 N–H and O–H groups in total. The molecular formula is C25H23N3O4. The van der Waals surface area contributed by atoms with E-state index in [1.165, 1.54) is 4.90 Å². The smallest absolute Gasteiger partial charge is 0.410 e. The van der Waals surface area contributed by atoms with Crippen LogP contribution in [-0.2, 0) is 11.3 Å². The Kier molecular flexibility index (Phi) is 5.09. The molecule has 1 saturated heterocycles. The van der Waals surface area contributed by atoms with Crippen LogP contribution in [0.3, 0.4) is 0 Å². The third-order valence-electron chi connectivity index (χ3n) is 6.23. The maximum absolute atomic E-state index is 13.3. The molecule has 7 heteroatoms. The molecule has 0 atom stereocenters. The Hall–Kier alpha value is -3.74.